The number of pyridine rings is 1. The van der Waals surface area contributed by atoms with E-state index >= 15 is 0 Å². The van der Waals surface area contributed by atoms with E-state index in [0.717, 1.165) is 30.3 Å². The highest BCUT2D eigenvalue weighted by Crippen LogP contribution is 2.34. The van der Waals surface area contributed by atoms with E-state index in [1.165, 1.54) is 24.1 Å². The molecule has 1 unspecified atom stereocenters. The summed E-state index contributed by atoms with van der Waals surface area (Å²) in [6.07, 6.45) is 5.22. The number of likely N-dealkylation sites (tertiary alicyclic amines) is 1. The number of nitrogens with one attached hydrogen (secondary N) is 1. The zero-order valence-corrected chi connectivity index (χ0v) is 18.2. The Morgan fingerprint density at radius 1 is 1.23 bits per heavy atom. The first-order valence-electron chi connectivity index (χ1n) is 10.2. The summed E-state index contributed by atoms with van der Waals surface area (Å²) in [5.74, 6) is 0.649. The van der Waals surface area contributed by atoms with Crippen molar-refractivity contribution in [1.29, 1.82) is 5.26 Å². The summed E-state index contributed by atoms with van der Waals surface area (Å²) in [6.45, 7) is 2.02. The number of hydrogen-bond donors (Lipinski definition) is 1. The SMILES string of the molecule is CN(C)c1ccc(CN2CCCCC2c2csc(Nc3cc(C#N)ccn3)n2)cc1. The van der Waals surface area contributed by atoms with Crippen molar-refractivity contribution >= 4 is 28.0 Å². The number of rotatable bonds is 6. The molecule has 1 aromatic carbocycles. The average molecular weight is 419 g/mol. The summed E-state index contributed by atoms with van der Waals surface area (Å²) in [5, 5.41) is 15.3. The van der Waals surface area contributed by atoms with Crippen molar-refractivity contribution in [2.45, 2.75) is 31.8 Å². The number of thiazole rings is 1. The molecule has 1 N–H and O–H groups in total. The smallest absolute Gasteiger partial charge is 0.188 e. The van der Waals surface area contributed by atoms with Crippen LogP contribution in [-0.2, 0) is 6.54 Å². The van der Waals surface area contributed by atoms with Crippen LogP contribution in [0.25, 0.3) is 0 Å². The fourth-order valence-corrected chi connectivity index (χ4v) is 4.59. The van der Waals surface area contributed by atoms with E-state index in [0.29, 0.717) is 17.4 Å². The van der Waals surface area contributed by atoms with Crippen LogP contribution < -0.4 is 10.2 Å². The van der Waals surface area contributed by atoms with Crippen molar-refractivity contribution in [3.8, 4) is 6.07 Å². The third-order valence-corrected chi connectivity index (χ3v) is 6.22. The lowest BCUT2D eigenvalue weighted by atomic mass is 9.99. The van der Waals surface area contributed by atoms with Gasteiger partial charge in [-0.05, 0) is 49.2 Å². The van der Waals surface area contributed by atoms with Crippen molar-refractivity contribution in [1.82, 2.24) is 14.9 Å². The van der Waals surface area contributed by atoms with Crippen molar-refractivity contribution in [3.05, 3.63) is 64.8 Å². The third kappa shape index (κ3) is 4.78. The Labute approximate surface area is 181 Å². The van der Waals surface area contributed by atoms with Crippen LogP contribution in [0.2, 0.25) is 0 Å². The average Bonchev–Trinajstić information content (AvgIpc) is 3.23. The lowest BCUT2D eigenvalue weighted by Crippen LogP contribution is -2.33. The molecule has 0 aliphatic carbocycles. The lowest BCUT2D eigenvalue weighted by Gasteiger charge is -2.34. The molecule has 6 nitrogen and oxygen atoms in total. The third-order valence-electron chi connectivity index (χ3n) is 5.44. The quantitative estimate of drug-likeness (QED) is 0.611. The molecular weight excluding hydrogens is 392 g/mol. The summed E-state index contributed by atoms with van der Waals surface area (Å²) < 4.78 is 0. The number of anilines is 3. The summed E-state index contributed by atoms with van der Waals surface area (Å²) in [5.41, 5.74) is 4.25. The molecule has 0 saturated carbocycles. The molecule has 30 heavy (non-hydrogen) atoms. The van der Waals surface area contributed by atoms with Gasteiger partial charge in [0.2, 0.25) is 0 Å². The summed E-state index contributed by atoms with van der Waals surface area (Å²) in [7, 11) is 4.13. The van der Waals surface area contributed by atoms with Crippen molar-refractivity contribution in [3.63, 3.8) is 0 Å². The predicted molar refractivity (Wildman–Crippen MR) is 122 cm³/mol. The zero-order valence-electron chi connectivity index (χ0n) is 17.4. The van der Waals surface area contributed by atoms with Gasteiger partial charge in [-0.25, -0.2) is 9.97 Å². The van der Waals surface area contributed by atoms with Gasteiger partial charge >= 0.3 is 0 Å². The van der Waals surface area contributed by atoms with Crippen LogP contribution in [0.15, 0.2) is 48.0 Å². The van der Waals surface area contributed by atoms with E-state index in [1.807, 2.05) is 0 Å². The maximum atomic E-state index is 9.07. The number of aromatic nitrogens is 2. The molecule has 2 aromatic heterocycles. The highest BCUT2D eigenvalue weighted by molar-refractivity contribution is 7.13. The molecule has 3 heterocycles. The van der Waals surface area contributed by atoms with Crippen molar-refractivity contribution in [2.75, 3.05) is 30.9 Å². The first kappa shape index (κ1) is 20.3. The summed E-state index contributed by atoms with van der Waals surface area (Å²) in [4.78, 5) is 13.8. The van der Waals surface area contributed by atoms with E-state index in [2.05, 4.69) is 69.9 Å². The number of piperidine rings is 1. The molecule has 0 bridgehead atoms. The number of nitrogens with zero attached hydrogens (tertiary/aromatic N) is 5. The summed E-state index contributed by atoms with van der Waals surface area (Å²) in [6, 6.07) is 14.7. The molecule has 0 radical (unpaired) electrons. The van der Waals surface area contributed by atoms with Crippen LogP contribution in [0.1, 0.15) is 42.1 Å². The molecule has 154 valence electrons. The van der Waals surface area contributed by atoms with Gasteiger partial charge in [-0.3, -0.25) is 4.90 Å². The molecule has 1 atom stereocenters. The van der Waals surface area contributed by atoms with Gasteiger partial charge in [0.1, 0.15) is 5.82 Å². The monoisotopic (exact) mass is 418 g/mol. The Bertz CT molecular complexity index is 1020. The molecule has 4 rings (SSSR count). The van der Waals surface area contributed by atoms with Gasteiger partial charge in [-0.1, -0.05) is 18.6 Å². The standard InChI is InChI=1S/C23H26N6S/c1-28(2)19-8-6-17(7-9-19)15-29-12-4-3-5-21(29)20-16-30-23(26-20)27-22-13-18(14-24)10-11-25-22/h6-11,13,16,21H,3-5,12,15H2,1-2H3,(H,25,26,27). The van der Waals surface area contributed by atoms with Crippen molar-refractivity contribution in [2.24, 2.45) is 0 Å². The van der Waals surface area contributed by atoms with Crippen LogP contribution in [0.4, 0.5) is 16.6 Å². The Morgan fingerprint density at radius 3 is 2.83 bits per heavy atom. The molecule has 0 spiro atoms. The van der Waals surface area contributed by atoms with E-state index in [4.69, 9.17) is 10.2 Å². The molecule has 7 heteroatoms. The Morgan fingerprint density at radius 2 is 2.07 bits per heavy atom. The molecule has 1 fully saturated rings. The van der Waals surface area contributed by atoms with E-state index in [9.17, 15) is 0 Å². The fourth-order valence-electron chi connectivity index (χ4n) is 3.82. The van der Waals surface area contributed by atoms with E-state index < -0.39 is 0 Å². The van der Waals surface area contributed by atoms with Gasteiger partial charge in [0, 0.05) is 37.9 Å². The number of benzene rings is 1. The second kappa shape index (κ2) is 9.24. The first-order valence-corrected chi connectivity index (χ1v) is 11.1. The second-order valence-electron chi connectivity index (χ2n) is 7.79. The van der Waals surface area contributed by atoms with Gasteiger partial charge in [0.05, 0.1) is 23.4 Å². The zero-order chi connectivity index (χ0) is 20.9. The Kier molecular flexibility index (Phi) is 6.26. The van der Waals surface area contributed by atoms with Crippen molar-refractivity contribution < 1.29 is 0 Å². The van der Waals surface area contributed by atoms with Crippen LogP contribution in [0.5, 0.6) is 0 Å². The molecular formula is C23H26N6S. The van der Waals surface area contributed by atoms with Crippen LogP contribution in [0, 0.1) is 11.3 Å². The fraction of sp³-hybridized carbons (Fsp3) is 0.348. The molecule has 1 aliphatic rings. The van der Waals surface area contributed by atoms with Gasteiger partial charge in [0.15, 0.2) is 5.13 Å². The van der Waals surface area contributed by atoms with E-state index in [1.54, 1.807) is 29.7 Å². The lowest BCUT2D eigenvalue weighted by molar-refractivity contribution is 0.138. The van der Waals surface area contributed by atoms with Gasteiger partial charge in [-0.15, -0.1) is 11.3 Å². The predicted octanol–water partition coefficient (Wildman–Crippen LogP) is 4.95. The van der Waals surface area contributed by atoms with Crippen LogP contribution in [0.3, 0.4) is 0 Å². The minimum atomic E-state index is 0.331. The largest absolute Gasteiger partial charge is 0.378 e. The normalized spacial score (nSPS) is 16.8. The Balaban J connectivity index is 1.47. The van der Waals surface area contributed by atoms with Gasteiger partial charge in [0.25, 0.3) is 0 Å². The minimum Gasteiger partial charge on any atom is -0.378 e. The number of nitriles is 1. The maximum Gasteiger partial charge on any atom is 0.188 e. The van der Waals surface area contributed by atoms with Gasteiger partial charge < -0.3 is 10.2 Å². The van der Waals surface area contributed by atoms with E-state index in [-0.39, 0.29) is 0 Å². The van der Waals surface area contributed by atoms with Crippen LogP contribution in [-0.4, -0.2) is 35.5 Å². The molecule has 1 saturated heterocycles. The topological polar surface area (TPSA) is 68.1 Å². The second-order valence-corrected chi connectivity index (χ2v) is 8.65. The molecule has 3 aromatic rings. The molecule has 1 aliphatic heterocycles. The van der Waals surface area contributed by atoms with Crippen LogP contribution >= 0.6 is 11.3 Å². The van der Waals surface area contributed by atoms with Gasteiger partial charge in [-0.2, -0.15) is 5.26 Å². The Hall–Kier alpha value is -2.95. The minimum absolute atomic E-state index is 0.331. The highest BCUT2D eigenvalue weighted by Gasteiger charge is 2.26. The highest BCUT2D eigenvalue weighted by atomic mass is 32.1. The maximum absolute atomic E-state index is 9.07. The number of hydrogen-bond acceptors (Lipinski definition) is 7. The first-order chi connectivity index (χ1) is 14.6. The summed E-state index contributed by atoms with van der Waals surface area (Å²) >= 11 is 1.59. The molecule has 0 amide bonds.